The third-order valence-electron chi connectivity index (χ3n) is 4.33. The van der Waals surface area contributed by atoms with E-state index < -0.39 is 0 Å². The van der Waals surface area contributed by atoms with Gasteiger partial charge in [0.1, 0.15) is 5.00 Å². The number of nitrogens with one attached hydrogen (secondary N) is 1. The van der Waals surface area contributed by atoms with E-state index in [1.54, 1.807) is 24.3 Å². The number of halogens is 2. The molecule has 2 aromatic rings. The van der Waals surface area contributed by atoms with Crippen molar-refractivity contribution < 1.29 is 14.3 Å². The summed E-state index contributed by atoms with van der Waals surface area (Å²) < 4.78 is 5.41. The maximum absolute atomic E-state index is 12.6. The molecule has 7 heteroatoms. The summed E-state index contributed by atoms with van der Waals surface area (Å²) >= 11 is 13.5. The number of ether oxygens (including phenoxy) is 1. The summed E-state index contributed by atoms with van der Waals surface area (Å²) in [6.45, 7) is 3.63. The van der Waals surface area contributed by atoms with Crippen LogP contribution in [-0.4, -0.2) is 18.0 Å². The van der Waals surface area contributed by atoms with Gasteiger partial charge >= 0.3 is 5.97 Å². The van der Waals surface area contributed by atoms with Crippen molar-refractivity contribution in [3.8, 4) is 0 Å². The number of hydrogen-bond acceptors (Lipinski definition) is 4. The molecule has 0 atom stereocenters. The van der Waals surface area contributed by atoms with Crippen molar-refractivity contribution in [2.24, 2.45) is 0 Å². The highest BCUT2D eigenvalue weighted by Crippen LogP contribution is 2.38. The summed E-state index contributed by atoms with van der Waals surface area (Å²) in [6.07, 6.45) is 6.68. The van der Waals surface area contributed by atoms with E-state index in [0.29, 0.717) is 26.2 Å². The van der Waals surface area contributed by atoms with Gasteiger partial charge in [0, 0.05) is 21.0 Å². The summed E-state index contributed by atoms with van der Waals surface area (Å²) in [4.78, 5) is 26.2. The van der Waals surface area contributed by atoms with Crippen molar-refractivity contribution in [1.82, 2.24) is 0 Å². The maximum atomic E-state index is 12.6. The predicted octanol–water partition coefficient (Wildman–Crippen LogP) is 6.15. The Labute approximate surface area is 178 Å². The Morgan fingerprint density at radius 3 is 2.68 bits per heavy atom. The Hall–Kier alpha value is -1.82. The number of carbonyl (C=O) groups is 2. The molecule has 1 aliphatic carbocycles. The Morgan fingerprint density at radius 2 is 1.96 bits per heavy atom. The minimum atomic E-state index is -0.380. The third-order valence-corrected chi connectivity index (χ3v) is 6.10. The van der Waals surface area contributed by atoms with E-state index in [2.05, 4.69) is 5.32 Å². The van der Waals surface area contributed by atoms with Gasteiger partial charge in [-0.1, -0.05) is 29.3 Å². The standard InChI is InChI=1S/C21H21Cl2NO3S/c1-12(2)27-21(26)19-15-5-3-4-6-17(15)28-20(19)24-18(25)10-8-13-7-9-14(22)11-16(13)23/h7-12H,3-6H2,1-2H3,(H,24,25)/b10-8+. The van der Waals surface area contributed by atoms with Crippen molar-refractivity contribution in [3.05, 3.63) is 55.9 Å². The van der Waals surface area contributed by atoms with Crippen molar-refractivity contribution in [1.29, 1.82) is 0 Å². The molecular weight excluding hydrogens is 417 g/mol. The number of fused-ring (bicyclic) bond motifs is 1. The SMILES string of the molecule is CC(C)OC(=O)c1c(NC(=O)/C=C/c2ccc(Cl)cc2Cl)sc2c1CCCC2. The molecule has 1 aromatic carbocycles. The number of thiophene rings is 1. The number of aryl methyl sites for hydroxylation is 1. The van der Waals surface area contributed by atoms with Crippen molar-refractivity contribution >= 4 is 57.5 Å². The number of benzene rings is 1. The van der Waals surface area contributed by atoms with Crippen molar-refractivity contribution in [3.63, 3.8) is 0 Å². The van der Waals surface area contributed by atoms with Crippen LogP contribution in [0.3, 0.4) is 0 Å². The Bertz CT molecular complexity index is 934. The number of esters is 1. The van der Waals surface area contributed by atoms with Gasteiger partial charge in [0.15, 0.2) is 0 Å². The maximum Gasteiger partial charge on any atom is 0.341 e. The van der Waals surface area contributed by atoms with E-state index in [0.717, 1.165) is 36.1 Å². The summed E-state index contributed by atoms with van der Waals surface area (Å²) in [5, 5.41) is 4.39. The highest BCUT2D eigenvalue weighted by molar-refractivity contribution is 7.17. The first-order valence-electron chi connectivity index (χ1n) is 9.14. The van der Waals surface area contributed by atoms with Gasteiger partial charge in [0.2, 0.25) is 5.91 Å². The van der Waals surface area contributed by atoms with Crippen molar-refractivity contribution in [2.75, 3.05) is 5.32 Å². The fraction of sp³-hybridized carbons (Fsp3) is 0.333. The Morgan fingerprint density at radius 1 is 1.21 bits per heavy atom. The first-order chi connectivity index (χ1) is 13.3. The summed E-state index contributed by atoms with van der Waals surface area (Å²) in [5.74, 6) is -0.711. The normalized spacial score (nSPS) is 13.6. The lowest BCUT2D eigenvalue weighted by molar-refractivity contribution is -0.111. The first-order valence-corrected chi connectivity index (χ1v) is 10.7. The number of anilines is 1. The van der Waals surface area contributed by atoms with Crippen LogP contribution in [0.25, 0.3) is 6.08 Å². The summed E-state index contributed by atoms with van der Waals surface area (Å²) in [6, 6.07) is 5.07. The molecule has 0 saturated heterocycles. The van der Waals surface area contributed by atoms with Gasteiger partial charge in [0.05, 0.1) is 11.7 Å². The summed E-state index contributed by atoms with van der Waals surface area (Å²) in [5.41, 5.74) is 2.20. The van der Waals surface area contributed by atoms with Gasteiger partial charge in [-0.2, -0.15) is 0 Å². The Balaban J connectivity index is 1.82. The van der Waals surface area contributed by atoms with Gasteiger partial charge < -0.3 is 10.1 Å². The number of carbonyl (C=O) groups excluding carboxylic acids is 2. The van der Waals surface area contributed by atoms with E-state index in [9.17, 15) is 9.59 Å². The molecule has 0 radical (unpaired) electrons. The van der Waals surface area contributed by atoms with Crippen LogP contribution in [-0.2, 0) is 22.4 Å². The lowest BCUT2D eigenvalue weighted by Crippen LogP contribution is -2.17. The van der Waals surface area contributed by atoms with Crippen LogP contribution in [0, 0.1) is 0 Å². The number of rotatable bonds is 5. The van der Waals surface area contributed by atoms with E-state index in [4.69, 9.17) is 27.9 Å². The van der Waals surface area contributed by atoms with Crippen LogP contribution >= 0.6 is 34.5 Å². The van der Waals surface area contributed by atoms with E-state index in [1.807, 2.05) is 13.8 Å². The van der Waals surface area contributed by atoms with Crippen LogP contribution in [0.4, 0.5) is 5.00 Å². The molecule has 1 aliphatic rings. The van der Waals surface area contributed by atoms with Crippen LogP contribution < -0.4 is 5.32 Å². The third kappa shape index (κ3) is 4.96. The van der Waals surface area contributed by atoms with E-state index >= 15 is 0 Å². The monoisotopic (exact) mass is 437 g/mol. The number of hydrogen-bond donors (Lipinski definition) is 1. The minimum Gasteiger partial charge on any atom is -0.459 e. The zero-order chi connectivity index (χ0) is 20.3. The Kier molecular flexibility index (Phi) is 6.81. The summed E-state index contributed by atoms with van der Waals surface area (Å²) in [7, 11) is 0. The minimum absolute atomic E-state index is 0.220. The average Bonchev–Trinajstić information content (AvgIpc) is 2.98. The molecule has 0 bridgehead atoms. The molecule has 28 heavy (non-hydrogen) atoms. The smallest absolute Gasteiger partial charge is 0.341 e. The highest BCUT2D eigenvalue weighted by atomic mass is 35.5. The van der Waals surface area contributed by atoms with E-state index in [1.165, 1.54) is 17.4 Å². The van der Waals surface area contributed by atoms with Crippen LogP contribution in [0.2, 0.25) is 10.0 Å². The molecule has 148 valence electrons. The molecule has 0 unspecified atom stereocenters. The fourth-order valence-electron chi connectivity index (χ4n) is 3.10. The molecule has 0 spiro atoms. The molecule has 4 nitrogen and oxygen atoms in total. The zero-order valence-corrected chi connectivity index (χ0v) is 18.0. The molecule has 1 N–H and O–H groups in total. The lowest BCUT2D eigenvalue weighted by Gasteiger charge is -2.14. The van der Waals surface area contributed by atoms with Gasteiger partial charge in [0.25, 0.3) is 0 Å². The molecule has 0 aliphatic heterocycles. The second kappa shape index (κ2) is 9.12. The molecule has 0 saturated carbocycles. The quantitative estimate of drug-likeness (QED) is 0.450. The van der Waals surface area contributed by atoms with Gasteiger partial charge in [-0.15, -0.1) is 11.3 Å². The van der Waals surface area contributed by atoms with Gasteiger partial charge in [-0.3, -0.25) is 4.79 Å². The molecule has 3 rings (SSSR count). The predicted molar refractivity (Wildman–Crippen MR) is 116 cm³/mol. The van der Waals surface area contributed by atoms with Crippen molar-refractivity contribution in [2.45, 2.75) is 45.6 Å². The second-order valence-electron chi connectivity index (χ2n) is 6.86. The zero-order valence-electron chi connectivity index (χ0n) is 15.7. The van der Waals surface area contributed by atoms with Crippen LogP contribution in [0.5, 0.6) is 0 Å². The lowest BCUT2D eigenvalue weighted by atomic mass is 9.95. The largest absolute Gasteiger partial charge is 0.459 e. The molecule has 1 amide bonds. The van der Waals surface area contributed by atoms with Crippen LogP contribution in [0.1, 0.15) is 53.1 Å². The average molecular weight is 438 g/mol. The van der Waals surface area contributed by atoms with Gasteiger partial charge in [-0.25, -0.2) is 4.79 Å². The van der Waals surface area contributed by atoms with Crippen LogP contribution in [0.15, 0.2) is 24.3 Å². The van der Waals surface area contributed by atoms with E-state index in [-0.39, 0.29) is 18.0 Å². The number of amides is 1. The fourth-order valence-corrected chi connectivity index (χ4v) is 4.85. The van der Waals surface area contributed by atoms with Gasteiger partial charge in [-0.05, 0) is 68.9 Å². The molecule has 1 heterocycles. The first kappa shape index (κ1) is 20.9. The molecule has 0 fully saturated rings. The molecular formula is C21H21Cl2NO3S. The molecule has 1 aromatic heterocycles. The second-order valence-corrected chi connectivity index (χ2v) is 8.81. The topological polar surface area (TPSA) is 55.4 Å². The highest BCUT2D eigenvalue weighted by Gasteiger charge is 2.27.